The molecule has 3 rings (SSSR count). The van der Waals surface area contributed by atoms with Crippen LogP contribution >= 0.6 is 0 Å². The lowest BCUT2D eigenvalue weighted by atomic mass is 10.2. The Morgan fingerprint density at radius 3 is 2.35 bits per heavy atom. The van der Waals surface area contributed by atoms with Crippen LogP contribution in [0.3, 0.4) is 0 Å². The molecule has 0 aliphatic carbocycles. The molecule has 0 saturated carbocycles. The second-order valence-corrected chi connectivity index (χ2v) is 4.41. The van der Waals surface area contributed by atoms with Crippen LogP contribution < -0.4 is 10.3 Å². The van der Waals surface area contributed by atoms with E-state index in [1.807, 2.05) is 54.6 Å². The molecule has 4 heteroatoms. The van der Waals surface area contributed by atoms with Gasteiger partial charge in [-0.25, -0.2) is 4.68 Å². The summed E-state index contributed by atoms with van der Waals surface area (Å²) in [5.74, 6) is 0.761. The molecular weight excluding hydrogens is 252 g/mol. The monoisotopic (exact) mass is 266 g/mol. The number of ether oxygens (including phenoxy) is 1. The van der Waals surface area contributed by atoms with Gasteiger partial charge in [0.25, 0.3) is 5.56 Å². The Bertz CT molecular complexity index is 755. The van der Waals surface area contributed by atoms with E-state index in [1.54, 1.807) is 13.2 Å². The lowest BCUT2D eigenvalue weighted by Crippen LogP contribution is -2.13. The van der Waals surface area contributed by atoms with Gasteiger partial charge in [0.05, 0.1) is 18.5 Å². The number of rotatable bonds is 3. The highest BCUT2D eigenvalue weighted by Gasteiger charge is 2.06. The maximum absolute atomic E-state index is 12.1. The molecule has 0 spiro atoms. The molecule has 0 radical (unpaired) electrons. The molecule has 100 valence electrons. The first-order chi connectivity index (χ1) is 9.78. The van der Waals surface area contributed by atoms with Gasteiger partial charge in [-0.15, -0.1) is 0 Å². The molecule has 0 amide bonds. The number of aromatic amines is 1. The zero-order valence-electron chi connectivity index (χ0n) is 11.0. The van der Waals surface area contributed by atoms with Crippen LogP contribution in [-0.2, 0) is 0 Å². The van der Waals surface area contributed by atoms with Gasteiger partial charge in [-0.05, 0) is 29.8 Å². The minimum Gasteiger partial charge on any atom is -0.497 e. The number of nitrogens with one attached hydrogen (secondary N) is 1. The summed E-state index contributed by atoms with van der Waals surface area (Å²) in [5, 5.41) is 3.11. The lowest BCUT2D eigenvalue weighted by Gasteiger charge is -2.04. The standard InChI is InChI=1S/C16H14N2O2/c1-20-14-9-7-13(8-10-14)18-16(19)11-15(17-18)12-5-3-2-4-6-12/h2-11,17H,1H3. The van der Waals surface area contributed by atoms with Crippen LogP contribution in [0.4, 0.5) is 0 Å². The van der Waals surface area contributed by atoms with E-state index in [0.717, 1.165) is 22.7 Å². The number of aromatic nitrogens is 2. The fourth-order valence-corrected chi connectivity index (χ4v) is 2.08. The van der Waals surface area contributed by atoms with Gasteiger partial charge in [-0.3, -0.25) is 9.89 Å². The molecule has 4 nitrogen and oxygen atoms in total. The molecule has 20 heavy (non-hydrogen) atoms. The van der Waals surface area contributed by atoms with E-state index >= 15 is 0 Å². The second-order valence-electron chi connectivity index (χ2n) is 4.41. The Morgan fingerprint density at radius 2 is 1.70 bits per heavy atom. The quantitative estimate of drug-likeness (QED) is 0.792. The van der Waals surface area contributed by atoms with E-state index in [2.05, 4.69) is 5.10 Å². The topological polar surface area (TPSA) is 47.0 Å². The minimum atomic E-state index is -0.0889. The molecule has 2 aromatic carbocycles. The predicted octanol–water partition coefficient (Wildman–Crippen LogP) is 2.84. The highest BCUT2D eigenvalue weighted by atomic mass is 16.5. The molecule has 0 unspecified atom stereocenters. The number of nitrogens with zero attached hydrogens (tertiary/aromatic N) is 1. The van der Waals surface area contributed by atoms with Gasteiger partial charge in [0, 0.05) is 6.07 Å². The molecule has 0 aliphatic heterocycles. The number of benzene rings is 2. The van der Waals surface area contributed by atoms with Gasteiger partial charge in [0.2, 0.25) is 0 Å². The summed E-state index contributed by atoms with van der Waals surface area (Å²) in [7, 11) is 1.61. The Kier molecular flexibility index (Phi) is 3.13. The fourth-order valence-electron chi connectivity index (χ4n) is 2.08. The summed E-state index contributed by atoms with van der Waals surface area (Å²) in [6, 6.07) is 18.7. The van der Waals surface area contributed by atoms with Gasteiger partial charge in [-0.1, -0.05) is 30.3 Å². The van der Waals surface area contributed by atoms with Crippen molar-refractivity contribution in [2.45, 2.75) is 0 Å². The molecule has 0 fully saturated rings. The number of H-pyrrole nitrogens is 1. The van der Waals surface area contributed by atoms with Crippen molar-refractivity contribution in [2.75, 3.05) is 7.11 Å². The molecule has 0 saturated heterocycles. The van der Waals surface area contributed by atoms with Gasteiger partial charge in [0.1, 0.15) is 5.75 Å². The van der Waals surface area contributed by atoms with Crippen molar-refractivity contribution >= 4 is 0 Å². The Labute approximate surface area is 116 Å². The number of hydrogen-bond acceptors (Lipinski definition) is 2. The number of methoxy groups -OCH3 is 1. The maximum Gasteiger partial charge on any atom is 0.271 e. The molecule has 0 bridgehead atoms. The summed E-state index contributed by atoms with van der Waals surface area (Å²) in [6.45, 7) is 0. The summed E-state index contributed by atoms with van der Waals surface area (Å²) in [5.41, 5.74) is 2.47. The van der Waals surface area contributed by atoms with Gasteiger partial charge >= 0.3 is 0 Å². The molecule has 3 aromatic rings. The minimum absolute atomic E-state index is 0.0889. The van der Waals surface area contributed by atoms with Crippen molar-refractivity contribution in [3.8, 4) is 22.7 Å². The van der Waals surface area contributed by atoms with E-state index in [4.69, 9.17) is 4.74 Å². The number of hydrogen-bond donors (Lipinski definition) is 1. The maximum atomic E-state index is 12.1. The molecule has 1 aromatic heterocycles. The third-order valence-electron chi connectivity index (χ3n) is 3.14. The average Bonchev–Trinajstić information content (AvgIpc) is 2.90. The highest BCUT2D eigenvalue weighted by Crippen LogP contribution is 2.17. The first-order valence-electron chi connectivity index (χ1n) is 6.30. The van der Waals surface area contributed by atoms with Crippen LogP contribution in [0.15, 0.2) is 65.5 Å². The zero-order valence-corrected chi connectivity index (χ0v) is 11.0. The first kappa shape index (κ1) is 12.3. The van der Waals surface area contributed by atoms with Crippen LogP contribution in [0.5, 0.6) is 5.75 Å². The van der Waals surface area contributed by atoms with Crippen LogP contribution in [0.25, 0.3) is 16.9 Å². The third kappa shape index (κ3) is 2.23. The molecule has 1 N–H and O–H groups in total. The van der Waals surface area contributed by atoms with Gasteiger partial charge in [-0.2, -0.15) is 0 Å². The van der Waals surface area contributed by atoms with Crippen LogP contribution in [0.1, 0.15) is 0 Å². The molecule has 0 aliphatic rings. The van der Waals surface area contributed by atoms with E-state index < -0.39 is 0 Å². The van der Waals surface area contributed by atoms with Gasteiger partial charge < -0.3 is 4.74 Å². The first-order valence-corrected chi connectivity index (χ1v) is 6.30. The molecule has 0 atom stereocenters. The van der Waals surface area contributed by atoms with Crippen molar-refractivity contribution in [1.82, 2.24) is 9.78 Å². The summed E-state index contributed by atoms with van der Waals surface area (Å²) >= 11 is 0. The normalized spacial score (nSPS) is 10.4. The highest BCUT2D eigenvalue weighted by molar-refractivity contribution is 5.58. The van der Waals surface area contributed by atoms with Crippen molar-refractivity contribution in [3.05, 3.63) is 71.0 Å². The average molecular weight is 266 g/mol. The van der Waals surface area contributed by atoms with E-state index in [9.17, 15) is 4.79 Å². The van der Waals surface area contributed by atoms with Crippen molar-refractivity contribution < 1.29 is 4.74 Å². The Balaban J connectivity index is 2.02. The molecule has 1 heterocycles. The fraction of sp³-hybridized carbons (Fsp3) is 0.0625. The zero-order chi connectivity index (χ0) is 13.9. The third-order valence-corrected chi connectivity index (χ3v) is 3.14. The van der Waals surface area contributed by atoms with Crippen LogP contribution in [0.2, 0.25) is 0 Å². The largest absolute Gasteiger partial charge is 0.497 e. The Morgan fingerprint density at radius 1 is 1.00 bits per heavy atom. The van der Waals surface area contributed by atoms with E-state index in [-0.39, 0.29) is 5.56 Å². The summed E-state index contributed by atoms with van der Waals surface area (Å²) in [4.78, 5) is 12.1. The van der Waals surface area contributed by atoms with Crippen LogP contribution in [0, 0.1) is 0 Å². The predicted molar refractivity (Wildman–Crippen MR) is 78.4 cm³/mol. The van der Waals surface area contributed by atoms with Gasteiger partial charge in [0.15, 0.2) is 0 Å². The van der Waals surface area contributed by atoms with Crippen molar-refractivity contribution in [1.29, 1.82) is 0 Å². The van der Waals surface area contributed by atoms with Crippen LogP contribution in [-0.4, -0.2) is 16.9 Å². The smallest absolute Gasteiger partial charge is 0.271 e. The SMILES string of the molecule is COc1ccc(-n2[nH]c(-c3ccccc3)cc2=O)cc1. The molecular formula is C16H14N2O2. The second kappa shape index (κ2) is 5.09. The lowest BCUT2D eigenvalue weighted by molar-refractivity contribution is 0.414. The van der Waals surface area contributed by atoms with Crippen molar-refractivity contribution in [2.24, 2.45) is 0 Å². The van der Waals surface area contributed by atoms with Crippen molar-refractivity contribution in [3.63, 3.8) is 0 Å². The summed E-state index contributed by atoms with van der Waals surface area (Å²) in [6.07, 6.45) is 0. The summed E-state index contributed by atoms with van der Waals surface area (Å²) < 4.78 is 6.63. The van der Waals surface area contributed by atoms with E-state index in [0.29, 0.717) is 0 Å². The Hall–Kier alpha value is -2.75. The van der Waals surface area contributed by atoms with E-state index in [1.165, 1.54) is 4.68 Å².